The van der Waals surface area contributed by atoms with Crippen LogP contribution in [0.2, 0.25) is 0 Å². The Kier molecular flexibility index (Phi) is 26.9. The highest BCUT2D eigenvalue weighted by Gasteiger charge is 2.14. The molecule has 1 aromatic carbocycles. The first-order chi connectivity index (χ1) is 25.8. The molecule has 0 saturated heterocycles. The van der Waals surface area contributed by atoms with E-state index in [1.165, 1.54) is 16.8 Å². The summed E-state index contributed by atoms with van der Waals surface area (Å²) in [7, 11) is 0. The second-order valence-electron chi connectivity index (χ2n) is 13.2. The molecule has 2 unspecified atom stereocenters. The number of carbonyl (C=O) groups excluding carboxylic acids is 1. The average Bonchev–Trinajstić information content (AvgIpc) is 3.15. The third kappa shape index (κ3) is 20.7. The zero-order valence-electron chi connectivity index (χ0n) is 34.0. The molecule has 2 atom stereocenters. The molecule has 0 fully saturated rings. The van der Waals surface area contributed by atoms with Crippen molar-refractivity contribution in [2.45, 2.75) is 105 Å². The van der Waals surface area contributed by atoms with E-state index in [0.717, 1.165) is 69.3 Å². The summed E-state index contributed by atoms with van der Waals surface area (Å²) < 4.78 is 5.55. The van der Waals surface area contributed by atoms with Crippen molar-refractivity contribution in [2.24, 2.45) is 0 Å². The lowest BCUT2D eigenvalue weighted by molar-refractivity contribution is 0.269. The molecule has 5 heteroatoms. The van der Waals surface area contributed by atoms with Gasteiger partial charge in [-0.25, -0.2) is 0 Å². The van der Waals surface area contributed by atoms with Crippen LogP contribution in [-0.4, -0.2) is 47.1 Å². The number of unbranched alkanes of at least 4 members (excludes halogenated alkanes) is 1. The van der Waals surface area contributed by atoms with E-state index in [9.17, 15) is 4.79 Å². The molecule has 288 valence electrons. The lowest BCUT2D eigenvalue weighted by Crippen LogP contribution is -2.34. The Morgan fingerprint density at radius 3 is 2.32 bits per heavy atom. The van der Waals surface area contributed by atoms with Gasteiger partial charge < -0.3 is 9.08 Å². The van der Waals surface area contributed by atoms with E-state index in [4.69, 9.17) is 4.18 Å². The van der Waals surface area contributed by atoms with Crippen molar-refractivity contribution >= 4 is 23.7 Å². The van der Waals surface area contributed by atoms with Gasteiger partial charge in [-0.1, -0.05) is 149 Å². The molecule has 0 bridgehead atoms. The molecule has 1 rings (SSSR count). The van der Waals surface area contributed by atoms with Crippen LogP contribution in [-0.2, 0) is 4.79 Å². The summed E-state index contributed by atoms with van der Waals surface area (Å²) >= 11 is 0.807. The minimum absolute atomic E-state index is 0.256. The fourth-order valence-electron chi connectivity index (χ4n) is 5.76. The highest BCUT2D eigenvalue weighted by molar-refractivity contribution is 8.08. The van der Waals surface area contributed by atoms with Gasteiger partial charge in [0.05, 0.1) is 0 Å². The minimum atomic E-state index is 0.256. The first kappa shape index (κ1) is 47.0. The topological polar surface area (TPSA) is 32.8 Å². The molecule has 0 heterocycles. The predicted molar refractivity (Wildman–Crippen MR) is 238 cm³/mol. The first-order valence-corrected chi connectivity index (χ1v) is 20.1. The van der Waals surface area contributed by atoms with Gasteiger partial charge >= 0.3 is 0 Å². The van der Waals surface area contributed by atoms with Gasteiger partial charge in [0.1, 0.15) is 17.8 Å². The van der Waals surface area contributed by atoms with Crippen LogP contribution < -0.4 is 4.18 Å². The molecule has 0 amide bonds. The van der Waals surface area contributed by atoms with Crippen molar-refractivity contribution < 1.29 is 8.98 Å². The molecule has 0 aromatic heterocycles. The molecule has 0 aliphatic carbocycles. The standard InChI is InChI=1S/C48H68N2O2S/c1-10-15-19-28-43(9)50(42(8)27-18-13-4)38-24-30-44(26-14-5)29-22-23-36-49(46(32-20-16-11-2)33-21-17-12-3)37-25-31-45-39-47(52-53-40-51)34-35-48(45)41(6)7/h10-11,13-16,18-19,21-28,30-31,33-35,39-41,43,46H,5,12,17,20,29,32,36-38H2,1-4,6-9H3/b15-10-,16-11-,18-13-,23-22-,28-19-,30-24-,31-25-,33-21-,42-27+,44-26-. The summed E-state index contributed by atoms with van der Waals surface area (Å²) in [4.78, 5) is 15.8. The Balaban J connectivity index is 3.29. The van der Waals surface area contributed by atoms with E-state index < -0.39 is 0 Å². The average molecular weight is 737 g/mol. The van der Waals surface area contributed by atoms with Gasteiger partial charge in [-0.2, -0.15) is 0 Å². The summed E-state index contributed by atoms with van der Waals surface area (Å²) in [5, 5.41) is 0. The van der Waals surface area contributed by atoms with Crippen molar-refractivity contribution in [2.75, 3.05) is 19.6 Å². The molecule has 1 aromatic rings. The van der Waals surface area contributed by atoms with E-state index in [1.807, 2.05) is 32.1 Å². The van der Waals surface area contributed by atoms with Gasteiger partial charge in [-0.15, -0.1) is 0 Å². The zero-order valence-corrected chi connectivity index (χ0v) is 34.8. The molecule has 0 aliphatic heterocycles. The van der Waals surface area contributed by atoms with Crippen LogP contribution in [0.3, 0.4) is 0 Å². The van der Waals surface area contributed by atoms with Gasteiger partial charge in [0, 0.05) is 37.4 Å². The number of nitrogens with zero attached hydrogens (tertiary/aromatic N) is 2. The number of benzene rings is 1. The van der Waals surface area contributed by atoms with E-state index >= 15 is 0 Å². The number of hydrogen-bond donors (Lipinski definition) is 0. The van der Waals surface area contributed by atoms with E-state index in [1.54, 1.807) is 0 Å². The van der Waals surface area contributed by atoms with E-state index in [2.05, 4.69) is 173 Å². The summed E-state index contributed by atoms with van der Waals surface area (Å²) in [6.07, 6.45) is 46.6. The lowest BCUT2D eigenvalue weighted by Gasteiger charge is -2.29. The predicted octanol–water partition coefficient (Wildman–Crippen LogP) is 13.3. The molecule has 0 spiro atoms. The fraction of sp³-hybridized carbons (Fsp3) is 0.396. The van der Waals surface area contributed by atoms with Crippen LogP contribution in [0.25, 0.3) is 6.08 Å². The van der Waals surface area contributed by atoms with Gasteiger partial charge in [0.15, 0.2) is 0 Å². The summed E-state index contributed by atoms with van der Waals surface area (Å²) in [5.74, 6) is 1.04. The highest BCUT2D eigenvalue weighted by atomic mass is 32.2. The van der Waals surface area contributed by atoms with Gasteiger partial charge in [0.25, 0.3) is 0 Å². The summed E-state index contributed by atoms with van der Waals surface area (Å²) in [6, 6.07) is 6.63. The molecular formula is C48H68N2O2S. The third-order valence-corrected chi connectivity index (χ3v) is 9.01. The normalized spacial score (nSPS) is 14.7. The Morgan fingerprint density at radius 2 is 1.64 bits per heavy atom. The molecule has 4 nitrogen and oxygen atoms in total. The summed E-state index contributed by atoms with van der Waals surface area (Å²) in [6.45, 7) is 23.6. The van der Waals surface area contributed by atoms with Crippen LogP contribution in [0.1, 0.15) is 105 Å². The number of rotatable bonds is 27. The second kappa shape index (κ2) is 30.4. The van der Waals surface area contributed by atoms with E-state index in [-0.39, 0.29) is 6.04 Å². The van der Waals surface area contributed by atoms with Gasteiger partial charge in [0.2, 0.25) is 5.62 Å². The molecular weight excluding hydrogens is 669 g/mol. The van der Waals surface area contributed by atoms with Crippen LogP contribution in [0, 0.1) is 0 Å². The molecule has 0 aliphatic rings. The molecule has 0 radical (unpaired) electrons. The largest absolute Gasteiger partial charge is 0.418 e. The SMILES string of the molecule is C=C/C=C(\C=C/CN(/C(C)=C/C=C\C)C(C)/C=C\C=C/C)C/C=C\CN(C/C=C\c1cc(OSC=O)ccc1C(C)C)C(/C=C\CCC)CC/C=C\C. The quantitative estimate of drug-likeness (QED) is 0.0389. The third-order valence-electron chi connectivity index (χ3n) is 8.64. The maximum absolute atomic E-state index is 10.9. The number of allylic oxidation sites excluding steroid dienone is 15. The van der Waals surface area contributed by atoms with Gasteiger partial charge in [-0.05, 0) is 101 Å². The van der Waals surface area contributed by atoms with Crippen LogP contribution in [0.5, 0.6) is 5.75 Å². The maximum atomic E-state index is 10.9. The van der Waals surface area contributed by atoms with Crippen molar-refractivity contribution in [3.8, 4) is 5.75 Å². The Morgan fingerprint density at radius 1 is 0.868 bits per heavy atom. The van der Waals surface area contributed by atoms with Crippen molar-refractivity contribution in [1.29, 1.82) is 0 Å². The Labute approximate surface area is 328 Å². The number of carbonyl (C=O) groups is 1. The van der Waals surface area contributed by atoms with E-state index in [0.29, 0.717) is 23.3 Å². The maximum Gasteiger partial charge on any atom is 0.215 e. The van der Waals surface area contributed by atoms with Crippen LogP contribution in [0.4, 0.5) is 0 Å². The zero-order chi connectivity index (χ0) is 39.1. The van der Waals surface area contributed by atoms with Gasteiger partial charge in [-0.3, -0.25) is 9.69 Å². The van der Waals surface area contributed by atoms with Crippen LogP contribution >= 0.6 is 12.0 Å². The number of hydrogen-bond acceptors (Lipinski definition) is 5. The fourth-order valence-corrected chi connectivity index (χ4v) is 6.01. The Bertz CT molecular complexity index is 1480. The van der Waals surface area contributed by atoms with Crippen molar-refractivity contribution in [3.63, 3.8) is 0 Å². The second-order valence-corrected chi connectivity index (χ2v) is 13.8. The Hall–Kier alpha value is -4.06. The lowest BCUT2D eigenvalue weighted by atomic mass is 9.96. The highest BCUT2D eigenvalue weighted by Crippen LogP contribution is 2.27. The van der Waals surface area contributed by atoms with Crippen molar-refractivity contribution in [1.82, 2.24) is 9.80 Å². The van der Waals surface area contributed by atoms with Crippen LogP contribution in [0.15, 0.2) is 145 Å². The molecule has 53 heavy (non-hydrogen) atoms. The molecule has 0 saturated carbocycles. The first-order valence-electron chi connectivity index (χ1n) is 19.3. The monoisotopic (exact) mass is 737 g/mol. The minimum Gasteiger partial charge on any atom is -0.418 e. The smallest absolute Gasteiger partial charge is 0.215 e. The van der Waals surface area contributed by atoms with Crippen molar-refractivity contribution in [3.05, 3.63) is 157 Å². The summed E-state index contributed by atoms with van der Waals surface area (Å²) in [5.41, 5.74) is 5.52. The molecule has 0 N–H and O–H groups in total.